The van der Waals surface area contributed by atoms with Crippen LogP contribution in [0.5, 0.6) is 0 Å². The Morgan fingerprint density at radius 3 is 3.00 bits per heavy atom. The van der Waals surface area contributed by atoms with Crippen molar-refractivity contribution in [3.8, 4) is 0 Å². The van der Waals surface area contributed by atoms with E-state index in [2.05, 4.69) is 4.74 Å². The van der Waals surface area contributed by atoms with Crippen LogP contribution in [-0.4, -0.2) is 13.0 Å². The third-order valence-electron chi connectivity index (χ3n) is 0.636. The minimum absolute atomic E-state index is 0.867. The van der Waals surface area contributed by atoms with E-state index in [4.69, 9.17) is 4.11 Å². The van der Waals surface area contributed by atoms with E-state index in [1.54, 1.807) is 19.1 Å². The van der Waals surface area contributed by atoms with Crippen molar-refractivity contribution in [2.24, 2.45) is 0 Å². The van der Waals surface area contributed by atoms with E-state index in [1.807, 2.05) is 0 Å². The van der Waals surface area contributed by atoms with Crippen molar-refractivity contribution >= 4 is 5.97 Å². The number of carbonyl (C=O) groups excluding carboxylic acids is 1. The van der Waals surface area contributed by atoms with Crippen LogP contribution in [0.25, 0.3) is 0 Å². The van der Waals surface area contributed by atoms with E-state index in [9.17, 15) is 4.79 Å². The second-order valence-corrected chi connectivity index (χ2v) is 1.31. The molecule has 0 heterocycles. The second-order valence-electron chi connectivity index (χ2n) is 1.31. The number of ether oxygens (including phenoxy) is 1. The molecule has 0 aromatic rings. The van der Waals surface area contributed by atoms with E-state index in [-0.39, 0.29) is 0 Å². The van der Waals surface area contributed by atoms with Gasteiger partial charge in [0.05, 0.1) is 11.2 Å². The van der Waals surface area contributed by atoms with Crippen LogP contribution in [0, 0.1) is 0 Å². The molecule has 0 saturated heterocycles. The molecule has 0 aliphatic heterocycles. The van der Waals surface area contributed by atoms with Gasteiger partial charge in [0.15, 0.2) is 0 Å². The van der Waals surface area contributed by atoms with Crippen LogP contribution in [0.15, 0.2) is 24.3 Å². The number of rotatable bonds is 2. The van der Waals surface area contributed by atoms with Gasteiger partial charge in [-0.15, -0.1) is 0 Å². The fourth-order valence-electron chi connectivity index (χ4n) is 0.279. The van der Waals surface area contributed by atoms with Gasteiger partial charge in [-0.05, 0) is 6.92 Å². The maximum Gasteiger partial charge on any atom is 0.330 e. The van der Waals surface area contributed by atoms with Gasteiger partial charge in [-0.2, -0.15) is 0 Å². The van der Waals surface area contributed by atoms with Gasteiger partial charge >= 0.3 is 5.97 Å². The van der Waals surface area contributed by atoms with Gasteiger partial charge in [-0.1, -0.05) is 18.2 Å². The molecule has 9 heavy (non-hydrogen) atoms. The van der Waals surface area contributed by atoms with E-state index >= 15 is 0 Å². The predicted octanol–water partition coefficient (Wildman–Crippen LogP) is 1.29. The second kappa shape index (κ2) is 5.09. The molecule has 0 rings (SSSR count). The van der Waals surface area contributed by atoms with Crippen molar-refractivity contribution in [2.75, 3.05) is 7.04 Å². The molecular formula is C7H10O2. The fourth-order valence-corrected chi connectivity index (χ4v) is 0.279. The normalized spacial score (nSPS) is 17.2. The van der Waals surface area contributed by atoms with Crippen molar-refractivity contribution in [1.82, 2.24) is 0 Å². The van der Waals surface area contributed by atoms with E-state index < -0.39 is 13.0 Å². The largest absolute Gasteiger partial charge is 0.466 e. The molecule has 2 nitrogen and oxygen atoms in total. The highest BCUT2D eigenvalue weighted by molar-refractivity contribution is 5.82. The lowest BCUT2D eigenvalue weighted by atomic mass is 10.4. The summed E-state index contributed by atoms with van der Waals surface area (Å²) < 4.78 is 23.8. The summed E-state index contributed by atoms with van der Waals surface area (Å²) >= 11 is 0. The van der Waals surface area contributed by atoms with Crippen molar-refractivity contribution in [1.29, 1.82) is 0 Å². The van der Waals surface area contributed by atoms with Crippen LogP contribution in [-0.2, 0) is 9.53 Å². The van der Waals surface area contributed by atoms with Crippen molar-refractivity contribution in [2.45, 2.75) is 6.92 Å². The van der Waals surface area contributed by atoms with E-state index in [0.717, 1.165) is 6.08 Å². The van der Waals surface area contributed by atoms with Crippen LogP contribution in [0.3, 0.4) is 0 Å². The first kappa shape index (κ1) is 3.88. The Morgan fingerprint density at radius 1 is 1.67 bits per heavy atom. The highest BCUT2D eigenvalue weighted by Crippen LogP contribution is 1.78. The van der Waals surface area contributed by atoms with Crippen LogP contribution in [0.1, 0.15) is 11.0 Å². The number of allylic oxidation sites excluding steroid dienone is 3. The lowest BCUT2D eigenvalue weighted by Crippen LogP contribution is -1.92. The number of carbonyl (C=O) groups is 1. The molecule has 0 saturated carbocycles. The fraction of sp³-hybridized carbons (Fsp3) is 0.286. The topological polar surface area (TPSA) is 26.3 Å². The Morgan fingerprint density at radius 2 is 2.44 bits per heavy atom. The van der Waals surface area contributed by atoms with Crippen molar-refractivity contribution in [3.63, 3.8) is 0 Å². The Labute approximate surface area is 59.0 Å². The number of hydrogen-bond donors (Lipinski definition) is 0. The Bertz CT molecular complexity index is 203. The Hall–Kier alpha value is -1.05. The van der Waals surface area contributed by atoms with Gasteiger partial charge < -0.3 is 4.74 Å². The molecule has 0 bridgehead atoms. The first-order valence-electron chi connectivity index (χ1n) is 3.98. The van der Waals surface area contributed by atoms with Crippen LogP contribution in [0.4, 0.5) is 0 Å². The van der Waals surface area contributed by atoms with Crippen molar-refractivity contribution < 1.29 is 13.6 Å². The standard InChI is InChI=1S/C7H10O2/c1-3-4-5-6-7(8)9-2/h3-6H,1-2H3/b4-3+,6-5+/i2D3. The number of hydrogen-bond acceptors (Lipinski definition) is 2. The molecule has 0 spiro atoms. The SMILES string of the molecule is [2H]C([2H])([2H])OC(=O)/C=C/C=C/C. The van der Waals surface area contributed by atoms with Crippen LogP contribution in [0.2, 0.25) is 0 Å². The molecular weight excluding hydrogens is 116 g/mol. The summed E-state index contributed by atoms with van der Waals surface area (Å²) in [6, 6.07) is 0. The first-order chi connectivity index (χ1) is 5.45. The third-order valence-corrected chi connectivity index (χ3v) is 0.636. The minimum Gasteiger partial charge on any atom is -0.466 e. The molecule has 0 atom stereocenters. The molecule has 0 aliphatic carbocycles. The molecule has 0 amide bonds. The molecule has 2 heteroatoms. The summed E-state index contributed by atoms with van der Waals surface area (Å²) in [7, 11) is -2.66. The molecule has 0 fully saturated rings. The van der Waals surface area contributed by atoms with E-state index in [0.29, 0.717) is 0 Å². The number of methoxy groups -OCH3 is 1. The molecule has 0 radical (unpaired) electrons. The summed E-state index contributed by atoms with van der Waals surface area (Å²) in [5, 5.41) is 0. The summed E-state index contributed by atoms with van der Waals surface area (Å²) in [6.45, 7) is 1.78. The van der Waals surface area contributed by atoms with Gasteiger partial charge in [0, 0.05) is 6.08 Å². The summed E-state index contributed by atoms with van der Waals surface area (Å²) in [5.41, 5.74) is 0. The van der Waals surface area contributed by atoms with E-state index in [1.165, 1.54) is 6.08 Å². The highest BCUT2D eigenvalue weighted by atomic mass is 16.5. The number of esters is 1. The third kappa shape index (κ3) is 4.81. The smallest absolute Gasteiger partial charge is 0.330 e. The quantitative estimate of drug-likeness (QED) is 0.319. The average Bonchev–Trinajstić information content (AvgIpc) is 1.84. The minimum atomic E-state index is -2.66. The zero-order valence-corrected chi connectivity index (χ0v) is 5.13. The lowest BCUT2D eigenvalue weighted by molar-refractivity contribution is -0.134. The Kier molecular flexibility index (Phi) is 2.20. The first-order valence-corrected chi connectivity index (χ1v) is 2.48. The Balaban J connectivity index is 3.91. The summed E-state index contributed by atoms with van der Waals surface area (Å²) in [6.07, 6.45) is 5.76. The van der Waals surface area contributed by atoms with Gasteiger partial charge in [-0.25, -0.2) is 4.79 Å². The molecule has 0 aromatic heterocycles. The van der Waals surface area contributed by atoms with Crippen LogP contribution < -0.4 is 0 Å². The maximum atomic E-state index is 10.6. The maximum absolute atomic E-state index is 10.6. The van der Waals surface area contributed by atoms with Gasteiger partial charge in [0.25, 0.3) is 0 Å². The van der Waals surface area contributed by atoms with Gasteiger partial charge in [0.2, 0.25) is 0 Å². The summed E-state index contributed by atoms with van der Waals surface area (Å²) in [4.78, 5) is 10.6. The van der Waals surface area contributed by atoms with Crippen LogP contribution >= 0.6 is 0 Å². The molecule has 0 aliphatic rings. The monoisotopic (exact) mass is 129 g/mol. The highest BCUT2D eigenvalue weighted by Gasteiger charge is 1.85. The predicted molar refractivity (Wildman–Crippen MR) is 36.0 cm³/mol. The zero-order valence-electron chi connectivity index (χ0n) is 8.13. The molecule has 0 N–H and O–H groups in total. The summed E-state index contributed by atoms with van der Waals surface area (Å²) in [5.74, 6) is -0.867. The van der Waals surface area contributed by atoms with Gasteiger partial charge in [-0.3, -0.25) is 0 Å². The molecule has 50 valence electrons. The molecule has 0 unspecified atom stereocenters. The lowest BCUT2D eigenvalue weighted by Gasteiger charge is -1.85. The zero-order chi connectivity index (χ0) is 9.61. The average molecular weight is 129 g/mol. The van der Waals surface area contributed by atoms with Gasteiger partial charge in [0.1, 0.15) is 0 Å². The van der Waals surface area contributed by atoms with Crippen molar-refractivity contribution in [3.05, 3.63) is 24.3 Å². The molecule has 0 aromatic carbocycles.